The Labute approximate surface area is 91.4 Å². The summed E-state index contributed by atoms with van der Waals surface area (Å²) in [6, 6.07) is 1.26. The second kappa shape index (κ2) is 4.10. The molecule has 1 saturated heterocycles. The van der Waals surface area contributed by atoms with Crippen LogP contribution < -0.4 is 5.73 Å². The van der Waals surface area contributed by atoms with Crippen LogP contribution in [-0.2, 0) is 4.79 Å². The number of amides is 1. The number of nitrogens with zero attached hydrogens (tertiary/aromatic N) is 2. The summed E-state index contributed by atoms with van der Waals surface area (Å²) in [6.45, 7) is 3.76. The summed E-state index contributed by atoms with van der Waals surface area (Å²) in [5, 5.41) is 0. The first-order chi connectivity index (χ1) is 7.08. The molecule has 4 nitrogen and oxygen atoms in total. The lowest BCUT2D eigenvalue weighted by atomic mass is 10.2. The Hall–Kier alpha value is -0.610. The molecule has 0 radical (unpaired) electrons. The minimum absolute atomic E-state index is 0.0518. The Bertz CT molecular complexity index is 252. The van der Waals surface area contributed by atoms with Gasteiger partial charge in [-0.05, 0) is 26.8 Å². The number of rotatable bonds is 4. The largest absolute Gasteiger partial charge is 0.340 e. The van der Waals surface area contributed by atoms with Gasteiger partial charge in [0.25, 0.3) is 0 Å². The standard InChI is InChI=1S/C11H21N3O/c1-8(13(2)10-3-4-10)6-14-7-9(12)5-11(14)15/h8-10H,3-7,12H2,1-2H3. The van der Waals surface area contributed by atoms with E-state index in [1.54, 1.807) is 0 Å². The van der Waals surface area contributed by atoms with Crippen LogP contribution in [0.1, 0.15) is 26.2 Å². The van der Waals surface area contributed by atoms with Gasteiger partial charge in [0, 0.05) is 37.6 Å². The Balaban J connectivity index is 1.82. The monoisotopic (exact) mass is 211 g/mol. The molecular formula is C11H21N3O. The van der Waals surface area contributed by atoms with Crippen LogP contribution in [0, 0.1) is 0 Å². The fraction of sp³-hybridized carbons (Fsp3) is 0.909. The first-order valence-corrected chi connectivity index (χ1v) is 5.83. The Morgan fingerprint density at radius 2 is 2.27 bits per heavy atom. The molecule has 2 fully saturated rings. The summed E-state index contributed by atoms with van der Waals surface area (Å²) in [5.41, 5.74) is 5.76. The van der Waals surface area contributed by atoms with Crippen LogP contribution in [0.2, 0.25) is 0 Å². The number of likely N-dealkylation sites (tertiary alicyclic amines) is 1. The normalized spacial score (nSPS) is 28.9. The third-order valence-corrected chi connectivity index (χ3v) is 3.55. The first-order valence-electron chi connectivity index (χ1n) is 5.83. The van der Waals surface area contributed by atoms with Gasteiger partial charge < -0.3 is 10.6 Å². The Kier molecular flexibility index (Phi) is 2.98. The summed E-state index contributed by atoms with van der Waals surface area (Å²) in [4.78, 5) is 15.9. The number of nitrogens with two attached hydrogens (primary N) is 1. The highest BCUT2D eigenvalue weighted by Crippen LogP contribution is 2.27. The van der Waals surface area contributed by atoms with E-state index in [1.807, 2.05) is 4.90 Å². The van der Waals surface area contributed by atoms with Gasteiger partial charge in [-0.3, -0.25) is 9.69 Å². The van der Waals surface area contributed by atoms with Crippen LogP contribution in [0.4, 0.5) is 0 Å². The fourth-order valence-electron chi connectivity index (χ4n) is 2.27. The minimum atomic E-state index is 0.0518. The van der Waals surface area contributed by atoms with E-state index in [0.717, 1.165) is 19.1 Å². The third-order valence-electron chi connectivity index (χ3n) is 3.55. The van der Waals surface area contributed by atoms with Gasteiger partial charge >= 0.3 is 0 Å². The van der Waals surface area contributed by atoms with Gasteiger partial charge in [-0.2, -0.15) is 0 Å². The van der Waals surface area contributed by atoms with Crippen molar-refractivity contribution in [2.24, 2.45) is 5.73 Å². The molecule has 0 aromatic rings. The number of hydrogen-bond acceptors (Lipinski definition) is 3. The van der Waals surface area contributed by atoms with Gasteiger partial charge in [-0.15, -0.1) is 0 Å². The smallest absolute Gasteiger partial charge is 0.224 e. The van der Waals surface area contributed by atoms with Crippen molar-refractivity contribution in [2.45, 2.75) is 44.3 Å². The van der Waals surface area contributed by atoms with Crippen LogP contribution >= 0.6 is 0 Å². The van der Waals surface area contributed by atoms with E-state index in [4.69, 9.17) is 5.73 Å². The zero-order valence-corrected chi connectivity index (χ0v) is 9.65. The van der Waals surface area contributed by atoms with Crippen molar-refractivity contribution >= 4 is 5.91 Å². The molecule has 2 aliphatic rings. The van der Waals surface area contributed by atoms with E-state index < -0.39 is 0 Å². The van der Waals surface area contributed by atoms with Gasteiger partial charge in [0.15, 0.2) is 0 Å². The molecule has 1 saturated carbocycles. The molecule has 2 N–H and O–H groups in total. The molecule has 1 aliphatic carbocycles. The van der Waals surface area contributed by atoms with Crippen LogP contribution in [0.25, 0.3) is 0 Å². The molecule has 2 rings (SSSR count). The predicted molar refractivity (Wildman–Crippen MR) is 59.4 cm³/mol. The van der Waals surface area contributed by atoms with Gasteiger partial charge in [0.2, 0.25) is 5.91 Å². The molecule has 2 atom stereocenters. The SMILES string of the molecule is CC(CN1CC(N)CC1=O)N(C)C1CC1. The topological polar surface area (TPSA) is 49.6 Å². The quantitative estimate of drug-likeness (QED) is 0.713. The van der Waals surface area contributed by atoms with Crippen LogP contribution in [-0.4, -0.2) is 54.0 Å². The van der Waals surface area contributed by atoms with E-state index >= 15 is 0 Å². The maximum Gasteiger partial charge on any atom is 0.224 e. The summed E-state index contributed by atoms with van der Waals surface area (Å²) in [6.07, 6.45) is 3.16. The lowest BCUT2D eigenvalue weighted by Gasteiger charge is -2.28. The van der Waals surface area contributed by atoms with Crippen molar-refractivity contribution in [2.75, 3.05) is 20.1 Å². The number of carbonyl (C=O) groups excluding carboxylic acids is 1. The molecule has 15 heavy (non-hydrogen) atoms. The molecule has 1 aliphatic heterocycles. The summed E-state index contributed by atoms with van der Waals surface area (Å²) >= 11 is 0. The van der Waals surface area contributed by atoms with Gasteiger partial charge in [-0.1, -0.05) is 0 Å². The molecule has 1 amide bonds. The minimum Gasteiger partial charge on any atom is -0.340 e. The summed E-state index contributed by atoms with van der Waals surface area (Å²) in [7, 11) is 2.16. The highest BCUT2D eigenvalue weighted by molar-refractivity contribution is 5.79. The van der Waals surface area contributed by atoms with Crippen molar-refractivity contribution in [1.29, 1.82) is 0 Å². The predicted octanol–water partition coefficient (Wildman–Crippen LogP) is 0.0287. The number of carbonyl (C=O) groups is 1. The molecule has 0 aromatic carbocycles. The van der Waals surface area contributed by atoms with E-state index in [-0.39, 0.29) is 11.9 Å². The van der Waals surface area contributed by atoms with E-state index in [0.29, 0.717) is 12.5 Å². The molecule has 4 heteroatoms. The van der Waals surface area contributed by atoms with Crippen molar-refractivity contribution < 1.29 is 4.79 Å². The van der Waals surface area contributed by atoms with Crippen LogP contribution in [0.15, 0.2) is 0 Å². The Morgan fingerprint density at radius 3 is 2.73 bits per heavy atom. The lowest BCUT2D eigenvalue weighted by molar-refractivity contribution is -0.128. The van der Waals surface area contributed by atoms with E-state index in [1.165, 1.54) is 12.8 Å². The highest BCUT2D eigenvalue weighted by atomic mass is 16.2. The molecule has 1 heterocycles. The molecule has 86 valence electrons. The van der Waals surface area contributed by atoms with Crippen molar-refractivity contribution in [3.63, 3.8) is 0 Å². The summed E-state index contributed by atoms with van der Waals surface area (Å²) in [5.74, 6) is 0.221. The van der Waals surface area contributed by atoms with Crippen molar-refractivity contribution in [1.82, 2.24) is 9.80 Å². The number of hydrogen-bond donors (Lipinski definition) is 1. The van der Waals surface area contributed by atoms with Crippen molar-refractivity contribution in [3.05, 3.63) is 0 Å². The molecule has 0 bridgehead atoms. The highest BCUT2D eigenvalue weighted by Gasteiger charge is 2.33. The van der Waals surface area contributed by atoms with Gasteiger partial charge in [0.05, 0.1) is 0 Å². The second-order valence-electron chi connectivity index (χ2n) is 5.01. The number of likely N-dealkylation sites (N-methyl/N-ethyl adjacent to an activating group) is 1. The Morgan fingerprint density at radius 1 is 1.60 bits per heavy atom. The fourth-order valence-corrected chi connectivity index (χ4v) is 2.27. The first kappa shape index (κ1) is 10.9. The van der Waals surface area contributed by atoms with E-state index in [2.05, 4.69) is 18.9 Å². The average molecular weight is 211 g/mol. The van der Waals surface area contributed by atoms with Gasteiger partial charge in [0.1, 0.15) is 0 Å². The van der Waals surface area contributed by atoms with Gasteiger partial charge in [-0.25, -0.2) is 0 Å². The zero-order chi connectivity index (χ0) is 11.0. The summed E-state index contributed by atoms with van der Waals surface area (Å²) < 4.78 is 0. The van der Waals surface area contributed by atoms with Crippen LogP contribution in [0.3, 0.4) is 0 Å². The maximum absolute atomic E-state index is 11.6. The average Bonchev–Trinajstić information content (AvgIpc) is 2.94. The molecular weight excluding hydrogens is 190 g/mol. The van der Waals surface area contributed by atoms with Crippen molar-refractivity contribution in [3.8, 4) is 0 Å². The third kappa shape index (κ3) is 2.49. The molecule has 2 unspecified atom stereocenters. The van der Waals surface area contributed by atoms with E-state index in [9.17, 15) is 4.79 Å². The second-order valence-corrected chi connectivity index (χ2v) is 5.01. The maximum atomic E-state index is 11.6. The lowest BCUT2D eigenvalue weighted by Crippen LogP contribution is -2.42. The molecule has 0 aromatic heterocycles. The zero-order valence-electron chi connectivity index (χ0n) is 9.65. The van der Waals surface area contributed by atoms with Crippen LogP contribution in [0.5, 0.6) is 0 Å². The molecule has 0 spiro atoms.